The predicted molar refractivity (Wildman–Crippen MR) is 98.7 cm³/mol. The molecule has 0 aromatic heterocycles. The molecular weight excluding hydrogens is 374 g/mol. The SMILES string of the molecule is CC(C)(C)OC(=O)Nc1ccc(C(=O)NNC(=O)[C@@H]2CCS(=O)(=O)C2)cc1. The van der Waals surface area contributed by atoms with Crippen molar-refractivity contribution in [1.82, 2.24) is 10.9 Å². The number of anilines is 1. The van der Waals surface area contributed by atoms with E-state index in [0.29, 0.717) is 5.69 Å². The first kappa shape index (κ1) is 20.7. The van der Waals surface area contributed by atoms with Gasteiger partial charge >= 0.3 is 6.09 Å². The van der Waals surface area contributed by atoms with Gasteiger partial charge in [0, 0.05) is 11.3 Å². The van der Waals surface area contributed by atoms with Gasteiger partial charge in [0.05, 0.1) is 17.4 Å². The number of carbonyl (C=O) groups excluding carboxylic acids is 3. The van der Waals surface area contributed by atoms with E-state index in [-0.39, 0.29) is 23.5 Å². The molecule has 27 heavy (non-hydrogen) atoms. The smallest absolute Gasteiger partial charge is 0.412 e. The molecule has 0 aliphatic carbocycles. The van der Waals surface area contributed by atoms with Crippen molar-refractivity contribution in [2.75, 3.05) is 16.8 Å². The topological polar surface area (TPSA) is 131 Å². The molecule has 1 saturated heterocycles. The Balaban J connectivity index is 1.85. The van der Waals surface area contributed by atoms with Crippen LogP contribution in [0.25, 0.3) is 0 Å². The molecular formula is C17H23N3O6S. The second-order valence-electron chi connectivity index (χ2n) is 7.25. The summed E-state index contributed by atoms with van der Waals surface area (Å²) < 4.78 is 27.9. The van der Waals surface area contributed by atoms with Crippen molar-refractivity contribution in [2.45, 2.75) is 32.8 Å². The van der Waals surface area contributed by atoms with E-state index in [2.05, 4.69) is 16.2 Å². The van der Waals surface area contributed by atoms with E-state index in [0.717, 1.165) is 0 Å². The van der Waals surface area contributed by atoms with Gasteiger partial charge < -0.3 is 4.74 Å². The van der Waals surface area contributed by atoms with E-state index in [1.54, 1.807) is 20.8 Å². The normalized spacial score (nSPS) is 18.4. The van der Waals surface area contributed by atoms with E-state index in [9.17, 15) is 22.8 Å². The zero-order valence-corrected chi connectivity index (χ0v) is 16.2. The van der Waals surface area contributed by atoms with Crippen LogP contribution in [0.3, 0.4) is 0 Å². The number of hydrogen-bond donors (Lipinski definition) is 3. The first-order chi connectivity index (χ1) is 12.5. The predicted octanol–water partition coefficient (Wildman–Crippen LogP) is 1.23. The van der Waals surface area contributed by atoms with Crippen LogP contribution in [-0.4, -0.2) is 43.4 Å². The van der Waals surface area contributed by atoms with Gasteiger partial charge in [-0.15, -0.1) is 0 Å². The number of hydrogen-bond acceptors (Lipinski definition) is 6. The van der Waals surface area contributed by atoms with E-state index >= 15 is 0 Å². The van der Waals surface area contributed by atoms with Crippen molar-refractivity contribution in [3.05, 3.63) is 29.8 Å². The third-order valence-electron chi connectivity index (χ3n) is 3.69. The van der Waals surface area contributed by atoms with Crippen molar-refractivity contribution in [3.8, 4) is 0 Å². The maximum atomic E-state index is 12.1. The third-order valence-corrected chi connectivity index (χ3v) is 5.46. The highest BCUT2D eigenvalue weighted by Crippen LogP contribution is 2.18. The molecule has 2 rings (SSSR count). The largest absolute Gasteiger partial charge is 0.444 e. The molecule has 0 bridgehead atoms. The zero-order chi connectivity index (χ0) is 20.2. The third kappa shape index (κ3) is 6.55. The number of carbonyl (C=O) groups is 3. The van der Waals surface area contributed by atoms with Gasteiger partial charge in [-0.25, -0.2) is 13.2 Å². The Morgan fingerprint density at radius 1 is 1.07 bits per heavy atom. The number of ether oxygens (including phenoxy) is 1. The molecule has 0 saturated carbocycles. The molecule has 1 aromatic rings. The molecule has 0 radical (unpaired) electrons. The van der Waals surface area contributed by atoms with Crippen LogP contribution in [0.2, 0.25) is 0 Å². The quantitative estimate of drug-likeness (QED) is 0.658. The summed E-state index contributed by atoms with van der Waals surface area (Å²) in [4.78, 5) is 35.7. The fraction of sp³-hybridized carbons (Fsp3) is 0.471. The Bertz CT molecular complexity index is 827. The number of hydrazine groups is 1. The molecule has 1 aliphatic heterocycles. The molecule has 3 amide bonds. The van der Waals surface area contributed by atoms with Crippen molar-refractivity contribution < 1.29 is 27.5 Å². The highest BCUT2D eigenvalue weighted by atomic mass is 32.2. The van der Waals surface area contributed by atoms with E-state index in [4.69, 9.17) is 4.74 Å². The van der Waals surface area contributed by atoms with Crippen LogP contribution in [0, 0.1) is 5.92 Å². The number of sulfone groups is 1. The lowest BCUT2D eigenvalue weighted by molar-refractivity contribution is -0.125. The number of rotatable bonds is 3. The Morgan fingerprint density at radius 2 is 1.70 bits per heavy atom. The molecule has 1 aliphatic rings. The van der Waals surface area contributed by atoms with Crippen LogP contribution >= 0.6 is 0 Å². The van der Waals surface area contributed by atoms with Crippen molar-refractivity contribution in [2.24, 2.45) is 5.92 Å². The summed E-state index contributed by atoms with van der Waals surface area (Å²) in [5, 5.41) is 2.54. The van der Waals surface area contributed by atoms with Crippen LogP contribution in [0.15, 0.2) is 24.3 Å². The zero-order valence-electron chi connectivity index (χ0n) is 15.4. The van der Waals surface area contributed by atoms with E-state index in [1.165, 1.54) is 24.3 Å². The molecule has 1 heterocycles. The van der Waals surface area contributed by atoms with E-state index < -0.39 is 39.3 Å². The monoisotopic (exact) mass is 397 g/mol. The van der Waals surface area contributed by atoms with Gasteiger partial charge in [-0.2, -0.15) is 0 Å². The first-order valence-corrected chi connectivity index (χ1v) is 10.2. The molecule has 1 aromatic carbocycles. The van der Waals surface area contributed by atoms with Gasteiger partial charge in [0.15, 0.2) is 9.84 Å². The average molecular weight is 397 g/mol. The molecule has 1 fully saturated rings. The molecule has 10 heteroatoms. The second-order valence-corrected chi connectivity index (χ2v) is 9.48. The number of nitrogens with one attached hydrogen (secondary N) is 3. The first-order valence-electron chi connectivity index (χ1n) is 8.36. The molecule has 0 unspecified atom stereocenters. The van der Waals surface area contributed by atoms with Crippen LogP contribution in [0.5, 0.6) is 0 Å². The summed E-state index contributed by atoms with van der Waals surface area (Å²) >= 11 is 0. The minimum atomic E-state index is -3.18. The van der Waals surface area contributed by atoms with Crippen LogP contribution in [-0.2, 0) is 19.4 Å². The lowest BCUT2D eigenvalue weighted by Crippen LogP contribution is -2.44. The highest BCUT2D eigenvalue weighted by Gasteiger charge is 2.33. The molecule has 148 valence electrons. The van der Waals surface area contributed by atoms with Crippen LogP contribution < -0.4 is 16.2 Å². The standard InChI is InChI=1S/C17H23N3O6S/c1-17(2,3)26-16(23)18-13-6-4-11(5-7-13)14(21)19-20-15(22)12-8-9-27(24,25)10-12/h4-7,12H,8-10H2,1-3H3,(H,18,23)(H,19,21)(H,20,22)/t12-/m1/s1. The number of benzene rings is 1. The van der Waals surface area contributed by atoms with Crippen molar-refractivity contribution in [1.29, 1.82) is 0 Å². The number of amides is 3. The minimum absolute atomic E-state index is 0.0227. The minimum Gasteiger partial charge on any atom is -0.444 e. The van der Waals surface area contributed by atoms with Gasteiger partial charge in [-0.05, 0) is 51.5 Å². The fourth-order valence-electron chi connectivity index (χ4n) is 2.42. The molecule has 3 N–H and O–H groups in total. The molecule has 0 spiro atoms. The Morgan fingerprint density at radius 3 is 2.22 bits per heavy atom. The maximum absolute atomic E-state index is 12.1. The van der Waals surface area contributed by atoms with Gasteiger partial charge in [0.2, 0.25) is 5.91 Å². The van der Waals surface area contributed by atoms with Gasteiger partial charge in [-0.1, -0.05) is 0 Å². The van der Waals surface area contributed by atoms with Crippen LogP contribution in [0.4, 0.5) is 10.5 Å². The summed E-state index contributed by atoms with van der Waals surface area (Å²) in [6.07, 6.45) is -0.367. The van der Waals surface area contributed by atoms with Gasteiger partial charge in [0.1, 0.15) is 5.60 Å². The van der Waals surface area contributed by atoms with Crippen molar-refractivity contribution in [3.63, 3.8) is 0 Å². The van der Waals surface area contributed by atoms with Crippen molar-refractivity contribution >= 4 is 33.4 Å². The Kier molecular flexibility index (Phi) is 6.09. The summed E-state index contributed by atoms with van der Waals surface area (Å²) in [5.41, 5.74) is 4.56. The second kappa shape index (κ2) is 7.95. The van der Waals surface area contributed by atoms with Gasteiger partial charge in [-0.3, -0.25) is 25.8 Å². The summed E-state index contributed by atoms with van der Waals surface area (Å²) in [6.45, 7) is 5.24. The Labute approximate surface area is 157 Å². The Hall–Kier alpha value is -2.62. The van der Waals surface area contributed by atoms with E-state index in [1.807, 2.05) is 0 Å². The lowest BCUT2D eigenvalue weighted by atomic mass is 10.1. The van der Waals surface area contributed by atoms with Crippen LogP contribution in [0.1, 0.15) is 37.6 Å². The van der Waals surface area contributed by atoms with Gasteiger partial charge in [0.25, 0.3) is 5.91 Å². The molecule has 1 atom stereocenters. The molecule has 9 nitrogen and oxygen atoms in total. The highest BCUT2D eigenvalue weighted by molar-refractivity contribution is 7.91. The summed E-state index contributed by atoms with van der Waals surface area (Å²) in [5.74, 6) is -1.98. The lowest BCUT2D eigenvalue weighted by Gasteiger charge is -2.19. The maximum Gasteiger partial charge on any atom is 0.412 e. The fourth-order valence-corrected chi connectivity index (χ4v) is 4.16. The summed E-state index contributed by atoms with van der Waals surface area (Å²) in [7, 11) is -3.18. The average Bonchev–Trinajstić information content (AvgIpc) is 2.91. The summed E-state index contributed by atoms with van der Waals surface area (Å²) in [6, 6.07) is 5.97.